The molecule has 5 heteroatoms. The molecule has 1 rings (SSSR count). The zero-order valence-corrected chi connectivity index (χ0v) is 12.3. The van der Waals surface area contributed by atoms with Gasteiger partial charge in [-0.1, -0.05) is 18.2 Å². The first-order chi connectivity index (χ1) is 9.58. The van der Waals surface area contributed by atoms with Crippen molar-refractivity contribution in [1.82, 2.24) is 0 Å². The third kappa shape index (κ3) is 10.0. The number of alkyl halides is 3. The first kappa shape index (κ1) is 17.2. The molecule has 0 heterocycles. The summed E-state index contributed by atoms with van der Waals surface area (Å²) in [4.78, 5) is 0. The minimum atomic E-state index is -4.00. The number of hydrogen-bond acceptors (Lipinski definition) is 2. The van der Waals surface area contributed by atoms with Crippen molar-refractivity contribution in [2.45, 2.75) is 38.3 Å². The van der Waals surface area contributed by atoms with Gasteiger partial charge in [0.05, 0.1) is 6.61 Å². The molecule has 0 N–H and O–H groups in total. The number of ether oxygens (including phenoxy) is 1. The first-order valence-corrected chi connectivity index (χ1v) is 8.06. The molecule has 0 fully saturated rings. The summed E-state index contributed by atoms with van der Waals surface area (Å²) in [5, 5.41) is 0. The molecule has 0 atom stereocenters. The Labute approximate surface area is 122 Å². The molecule has 0 bridgehead atoms. The van der Waals surface area contributed by atoms with Gasteiger partial charge in [-0.15, -0.1) is 0 Å². The Balaban J connectivity index is 1.83. The van der Waals surface area contributed by atoms with Gasteiger partial charge in [0.1, 0.15) is 5.75 Å². The van der Waals surface area contributed by atoms with Crippen molar-refractivity contribution in [3.05, 3.63) is 30.3 Å². The van der Waals surface area contributed by atoms with E-state index in [1.807, 2.05) is 30.3 Å². The molecular formula is C15H21F3OS. The van der Waals surface area contributed by atoms with Gasteiger partial charge >= 0.3 is 6.18 Å². The van der Waals surface area contributed by atoms with Crippen LogP contribution in [0.1, 0.15) is 32.1 Å². The lowest BCUT2D eigenvalue weighted by atomic mass is 10.3. The number of rotatable bonds is 10. The Bertz CT molecular complexity index is 341. The van der Waals surface area contributed by atoms with E-state index < -0.39 is 12.6 Å². The van der Waals surface area contributed by atoms with Gasteiger partial charge < -0.3 is 4.74 Å². The summed E-state index contributed by atoms with van der Waals surface area (Å²) in [6, 6.07) is 9.68. The number of halogens is 3. The number of benzene rings is 1. The van der Waals surface area contributed by atoms with Crippen LogP contribution in [0.5, 0.6) is 5.75 Å². The molecule has 0 aliphatic carbocycles. The molecule has 1 aromatic rings. The van der Waals surface area contributed by atoms with Crippen LogP contribution in [-0.4, -0.2) is 24.3 Å². The average Bonchev–Trinajstić information content (AvgIpc) is 2.41. The van der Waals surface area contributed by atoms with Gasteiger partial charge in [0.2, 0.25) is 0 Å². The van der Waals surface area contributed by atoms with Gasteiger partial charge in [-0.05, 0) is 49.3 Å². The van der Waals surface area contributed by atoms with Crippen LogP contribution in [0.4, 0.5) is 13.2 Å². The third-order valence-corrected chi connectivity index (χ3v) is 3.85. The Morgan fingerprint density at radius 2 is 1.60 bits per heavy atom. The molecule has 1 nitrogen and oxygen atoms in total. The molecule has 0 aliphatic rings. The lowest BCUT2D eigenvalue weighted by Crippen LogP contribution is -2.07. The van der Waals surface area contributed by atoms with Gasteiger partial charge in [-0.2, -0.15) is 24.9 Å². The van der Waals surface area contributed by atoms with E-state index in [1.165, 1.54) is 0 Å². The first-order valence-electron chi connectivity index (χ1n) is 6.90. The van der Waals surface area contributed by atoms with E-state index in [1.54, 1.807) is 11.8 Å². The van der Waals surface area contributed by atoms with Gasteiger partial charge in [0, 0.05) is 6.42 Å². The van der Waals surface area contributed by atoms with Gasteiger partial charge in [-0.3, -0.25) is 0 Å². The second-order valence-electron chi connectivity index (χ2n) is 4.55. The van der Waals surface area contributed by atoms with E-state index in [9.17, 15) is 13.2 Å². The smallest absolute Gasteiger partial charge is 0.389 e. The van der Waals surface area contributed by atoms with Crippen molar-refractivity contribution < 1.29 is 17.9 Å². The van der Waals surface area contributed by atoms with Crippen LogP contribution in [0.25, 0.3) is 0 Å². The second-order valence-corrected chi connectivity index (χ2v) is 5.78. The van der Waals surface area contributed by atoms with Crippen molar-refractivity contribution in [2.75, 3.05) is 18.1 Å². The van der Waals surface area contributed by atoms with Crippen molar-refractivity contribution in [3.8, 4) is 5.75 Å². The Morgan fingerprint density at radius 1 is 0.900 bits per heavy atom. The lowest BCUT2D eigenvalue weighted by Gasteiger charge is -2.06. The maximum Gasteiger partial charge on any atom is 0.389 e. The molecule has 0 amide bonds. The lowest BCUT2D eigenvalue weighted by molar-refractivity contribution is -0.134. The van der Waals surface area contributed by atoms with E-state index in [0.717, 1.165) is 30.8 Å². The van der Waals surface area contributed by atoms with E-state index >= 15 is 0 Å². The Kier molecular flexibility index (Phi) is 8.58. The van der Waals surface area contributed by atoms with E-state index in [-0.39, 0.29) is 6.42 Å². The normalized spacial score (nSPS) is 11.6. The fourth-order valence-corrected chi connectivity index (χ4v) is 2.63. The number of hydrogen-bond donors (Lipinski definition) is 0. The molecule has 114 valence electrons. The molecule has 20 heavy (non-hydrogen) atoms. The molecule has 0 spiro atoms. The number of thioether (sulfide) groups is 1. The van der Waals surface area contributed by atoms with Crippen LogP contribution >= 0.6 is 11.8 Å². The summed E-state index contributed by atoms with van der Waals surface area (Å²) in [6.45, 7) is 0.697. The van der Waals surface area contributed by atoms with Crippen LogP contribution in [-0.2, 0) is 0 Å². The Hall–Kier alpha value is -0.840. The van der Waals surface area contributed by atoms with Crippen LogP contribution < -0.4 is 4.74 Å². The summed E-state index contributed by atoms with van der Waals surface area (Å²) in [7, 11) is 0. The second kappa shape index (κ2) is 9.97. The van der Waals surface area contributed by atoms with E-state index in [4.69, 9.17) is 4.74 Å². The minimum Gasteiger partial charge on any atom is -0.494 e. The standard InChI is InChI=1S/C15H21F3OS/c16-15(17,18)10-7-13-20-12-6-2-5-11-19-14-8-3-1-4-9-14/h1,3-4,8-9H,2,5-7,10-13H2. The van der Waals surface area contributed by atoms with Crippen LogP contribution in [0, 0.1) is 0 Å². The monoisotopic (exact) mass is 306 g/mol. The zero-order chi connectivity index (χ0) is 14.7. The molecule has 0 unspecified atom stereocenters. The highest BCUT2D eigenvalue weighted by Crippen LogP contribution is 2.22. The molecule has 0 saturated carbocycles. The summed E-state index contributed by atoms with van der Waals surface area (Å²) in [5.41, 5.74) is 0. The Morgan fingerprint density at radius 3 is 2.30 bits per heavy atom. The molecule has 0 radical (unpaired) electrons. The quantitative estimate of drug-likeness (QED) is 0.542. The van der Waals surface area contributed by atoms with Crippen molar-refractivity contribution in [2.24, 2.45) is 0 Å². The SMILES string of the molecule is FC(F)(F)CCCSCCCCCOc1ccccc1. The topological polar surface area (TPSA) is 9.23 Å². The van der Waals surface area contributed by atoms with E-state index in [0.29, 0.717) is 12.4 Å². The minimum absolute atomic E-state index is 0.227. The molecular weight excluding hydrogens is 285 g/mol. The summed E-state index contributed by atoms with van der Waals surface area (Å²) >= 11 is 1.61. The molecule has 0 saturated heterocycles. The van der Waals surface area contributed by atoms with Gasteiger partial charge in [0.25, 0.3) is 0 Å². The van der Waals surface area contributed by atoms with Gasteiger partial charge in [0.15, 0.2) is 0 Å². The van der Waals surface area contributed by atoms with Crippen LogP contribution in [0.3, 0.4) is 0 Å². The molecule has 0 aliphatic heterocycles. The highest BCUT2D eigenvalue weighted by molar-refractivity contribution is 7.99. The fraction of sp³-hybridized carbons (Fsp3) is 0.600. The molecule has 0 aromatic heterocycles. The maximum absolute atomic E-state index is 11.9. The largest absolute Gasteiger partial charge is 0.494 e. The van der Waals surface area contributed by atoms with Gasteiger partial charge in [-0.25, -0.2) is 0 Å². The highest BCUT2D eigenvalue weighted by Gasteiger charge is 2.25. The maximum atomic E-state index is 11.9. The number of para-hydroxylation sites is 1. The van der Waals surface area contributed by atoms with Crippen LogP contribution in [0.15, 0.2) is 30.3 Å². The third-order valence-electron chi connectivity index (χ3n) is 2.69. The average molecular weight is 306 g/mol. The summed E-state index contributed by atoms with van der Waals surface area (Å²) < 4.78 is 41.2. The van der Waals surface area contributed by atoms with Crippen LogP contribution in [0.2, 0.25) is 0 Å². The van der Waals surface area contributed by atoms with E-state index in [2.05, 4.69) is 0 Å². The predicted molar refractivity (Wildman–Crippen MR) is 78.4 cm³/mol. The van der Waals surface area contributed by atoms with Crippen molar-refractivity contribution in [3.63, 3.8) is 0 Å². The number of unbranched alkanes of at least 4 members (excludes halogenated alkanes) is 2. The summed E-state index contributed by atoms with van der Waals surface area (Å²) in [5.74, 6) is 2.41. The highest BCUT2D eigenvalue weighted by atomic mass is 32.2. The summed E-state index contributed by atoms with van der Waals surface area (Å²) in [6.07, 6.45) is -1.36. The van der Waals surface area contributed by atoms with Crippen molar-refractivity contribution in [1.29, 1.82) is 0 Å². The van der Waals surface area contributed by atoms with Crippen molar-refractivity contribution >= 4 is 11.8 Å². The zero-order valence-electron chi connectivity index (χ0n) is 11.5. The predicted octanol–water partition coefficient (Wildman–Crippen LogP) is 5.31. The fourth-order valence-electron chi connectivity index (χ4n) is 1.67. The molecule has 1 aromatic carbocycles.